The largest absolute Gasteiger partial charge is 0.369 e. The molecule has 2 aromatic carbocycles. The average Bonchev–Trinajstić information content (AvgIpc) is 2.98. The van der Waals surface area contributed by atoms with Gasteiger partial charge in [0.05, 0.1) is 18.2 Å². The first kappa shape index (κ1) is 28.5. The van der Waals surface area contributed by atoms with E-state index in [1.807, 2.05) is 32.1 Å². The molecule has 0 aliphatic carbocycles. The van der Waals surface area contributed by atoms with Crippen LogP contribution < -0.4 is 5.73 Å². The van der Waals surface area contributed by atoms with Crippen molar-refractivity contribution in [1.82, 2.24) is 14.7 Å². The van der Waals surface area contributed by atoms with Gasteiger partial charge >= 0.3 is 0 Å². The number of nitrogens with zero attached hydrogens (tertiary/aromatic N) is 5. The van der Waals surface area contributed by atoms with Gasteiger partial charge in [0.1, 0.15) is 16.9 Å². The topological polar surface area (TPSA) is 106 Å². The number of amidine groups is 1. The summed E-state index contributed by atoms with van der Waals surface area (Å²) in [4.78, 5) is 37.7. The standard InChI is InChI=1S/C32H37FN6O2/c1-22-18-23(2)27(31(30(35)41)9-8-28(36-21-31)38-16-14-37(3)15-17-38)19-26(22)29(40)39-12-10-32(33,11-13-39)25-6-4-24(20-34)5-7-25/h4-9,18-19H,10-17,21H2,1-3H3,(H2,35,41). The predicted molar refractivity (Wildman–Crippen MR) is 156 cm³/mol. The van der Waals surface area contributed by atoms with E-state index in [1.54, 1.807) is 35.2 Å². The number of piperazine rings is 1. The number of nitriles is 1. The Morgan fingerprint density at radius 3 is 2.22 bits per heavy atom. The van der Waals surface area contributed by atoms with Crippen LogP contribution in [0.25, 0.3) is 0 Å². The monoisotopic (exact) mass is 556 g/mol. The minimum Gasteiger partial charge on any atom is -0.369 e. The van der Waals surface area contributed by atoms with E-state index < -0.39 is 17.0 Å². The zero-order valence-electron chi connectivity index (χ0n) is 24.0. The number of hydrogen-bond acceptors (Lipinski definition) is 6. The van der Waals surface area contributed by atoms with E-state index in [9.17, 15) is 9.59 Å². The molecule has 5 rings (SSSR count). The number of likely N-dealkylation sites (N-methyl/N-ethyl adjacent to an activating group) is 1. The minimum atomic E-state index is -1.55. The highest BCUT2D eigenvalue weighted by Crippen LogP contribution is 2.38. The third kappa shape index (κ3) is 5.36. The van der Waals surface area contributed by atoms with Gasteiger partial charge < -0.3 is 20.4 Å². The number of aliphatic imine (C=N–C) groups is 1. The SMILES string of the molecule is Cc1cc(C)c(C2(C(N)=O)C=CC(N3CCN(C)CC3)=NC2)cc1C(=O)N1CCC(F)(c2ccc(C#N)cc2)CC1. The van der Waals surface area contributed by atoms with E-state index in [4.69, 9.17) is 16.0 Å². The zero-order chi connectivity index (χ0) is 29.4. The van der Waals surface area contributed by atoms with Crippen LogP contribution in [0.15, 0.2) is 53.5 Å². The highest BCUT2D eigenvalue weighted by Gasteiger charge is 2.41. The van der Waals surface area contributed by atoms with E-state index in [0.29, 0.717) is 22.3 Å². The number of rotatable bonds is 4. The quantitative estimate of drug-likeness (QED) is 0.623. The molecule has 2 saturated heterocycles. The Morgan fingerprint density at radius 1 is 1.00 bits per heavy atom. The number of piperidine rings is 1. The van der Waals surface area contributed by atoms with Crippen LogP contribution in [0.5, 0.6) is 0 Å². The Bertz CT molecular complexity index is 1440. The van der Waals surface area contributed by atoms with Crippen molar-refractivity contribution in [2.45, 2.75) is 37.8 Å². The zero-order valence-corrected chi connectivity index (χ0v) is 24.0. The summed E-state index contributed by atoms with van der Waals surface area (Å²) in [7, 11) is 2.10. The van der Waals surface area contributed by atoms with Gasteiger partial charge in [-0.05, 0) is 67.4 Å². The fraction of sp³-hybridized carbons (Fsp3) is 0.438. The second kappa shape index (κ2) is 11.1. The van der Waals surface area contributed by atoms with Gasteiger partial charge in [-0.2, -0.15) is 5.26 Å². The van der Waals surface area contributed by atoms with Crippen molar-refractivity contribution in [3.63, 3.8) is 0 Å². The summed E-state index contributed by atoms with van der Waals surface area (Å²) in [6.45, 7) is 8.13. The summed E-state index contributed by atoms with van der Waals surface area (Å²) in [5.74, 6) is 0.149. The number of nitrogens with two attached hydrogens (primary N) is 1. The number of likely N-dealkylation sites (tertiary alicyclic amines) is 1. The lowest BCUT2D eigenvalue weighted by atomic mass is 9.75. The predicted octanol–water partition coefficient (Wildman–Crippen LogP) is 3.21. The first-order valence-corrected chi connectivity index (χ1v) is 14.1. The molecular formula is C32H37FN6O2. The maximum Gasteiger partial charge on any atom is 0.254 e. The maximum atomic E-state index is 15.8. The molecule has 0 aromatic heterocycles. The molecule has 3 heterocycles. The van der Waals surface area contributed by atoms with Crippen LogP contribution in [0, 0.1) is 25.2 Å². The van der Waals surface area contributed by atoms with Gasteiger partial charge in [0.15, 0.2) is 0 Å². The maximum absolute atomic E-state index is 15.8. The summed E-state index contributed by atoms with van der Waals surface area (Å²) in [5.41, 5.74) is 7.13. The lowest BCUT2D eigenvalue weighted by Crippen LogP contribution is -2.50. The third-order valence-corrected chi connectivity index (χ3v) is 8.93. The Kier molecular flexibility index (Phi) is 7.71. The number of halogens is 1. The molecule has 3 aliphatic heterocycles. The molecule has 0 spiro atoms. The minimum absolute atomic E-state index is 0.167. The molecule has 0 radical (unpaired) electrons. The number of hydrogen-bond donors (Lipinski definition) is 1. The summed E-state index contributed by atoms with van der Waals surface area (Å²) >= 11 is 0. The first-order chi connectivity index (χ1) is 19.6. The van der Waals surface area contributed by atoms with Crippen molar-refractivity contribution in [3.05, 3.63) is 81.9 Å². The van der Waals surface area contributed by atoms with Gasteiger partial charge in [-0.15, -0.1) is 0 Å². The van der Waals surface area contributed by atoms with Gasteiger partial charge in [0.25, 0.3) is 5.91 Å². The second-order valence-electron chi connectivity index (χ2n) is 11.6. The molecule has 41 heavy (non-hydrogen) atoms. The molecule has 1 atom stereocenters. The smallest absolute Gasteiger partial charge is 0.254 e. The normalized spacial score (nSPS) is 22.7. The molecule has 3 aliphatic rings. The Balaban J connectivity index is 1.36. The van der Waals surface area contributed by atoms with Gasteiger partial charge in [-0.3, -0.25) is 14.6 Å². The number of benzene rings is 2. The van der Waals surface area contributed by atoms with Crippen molar-refractivity contribution in [1.29, 1.82) is 5.26 Å². The average molecular weight is 557 g/mol. The van der Waals surface area contributed by atoms with Crippen LogP contribution in [0.2, 0.25) is 0 Å². The van der Waals surface area contributed by atoms with Crippen LogP contribution in [0.1, 0.15) is 51.0 Å². The van der Waals surface area contributed by atoms with Gasteiger partial charge in [-0.1, -0.05) is 24.3 Å². The van der Waals surface area contributed by atoms with Crippen molar-refractivity contribution in [3.8, 4) is 6.07 Å². The second-order valence-corrected chi connectivity index (χ2v) is 11.6. The number of alkyl halides is 1. The van der Waals surface area contributed by atoms with Crippen LogP contribution in [-0.4, -0.2) is 85.2 Å². The van der Waals surface area contributed by atoms with E-state index in [2.05, 4.69) is 22.9 Å². The molecule has 8 nitrogen and oxygen atoms in total. The van der Waals surface area contributed by atoms with E-state index >= 15 is 4.39 Å². The fourth-order valence-electron chi connectivity index (χ4n) is 6.17. The van der Waals surface area contributed by atoms with E-state index in [0.717, 1.165) is 43.1 Å². The summed E-state index contributed by atoms with van der Waals surface area (Å²) < 4.78 is 15.8. The van der Waals surface area contributed by atoms with E-state index in [1.165, 1.54) is 0 Å². The fourth-order valence-corrected chi connectivity index (χ4v) is 6.17. The van der Waals surface area contributed by atoms with E-state index in [-0.39, 0.29) is 38.4 Å². The summed E-state index contributed by atoms with van der Waals surface area (Å²) in [5, 5.41) is 9.04. The molecule has 1 unspecified atom stereocenters. The number of aryl methyl sites for hydroxylation is 2. The highest BCUT2D eigenvalue weighted by atomic mass is 19.1. The first-order valence-electron chi connectivity index (χ1n) is 14.1. The molecular weight excluding hydrogens is 519 g/mol. The molecule has 2 N–H and O–H groups in total. The lowest BCUT2D eigenvalue weighted by Gasteiger charge is -2.38. The van der Waals surface area contributed by atoms with Gasteiger partial charge in [-0.25, -0.2) is 4.39 Å². The van der Waals surface area contributed by atoms with Crippen molar-refractivity contribution < 1.29 is 14.0 Å². The van der Waals surface area contributed by atoms with Crippen molar-refractivity contribution >= 4 is 17.6 Å². The summed E-state index contributed by atoms with van der Waals surface area (Å²) in [6, 6.07) is 12.3. The molecule has 2 fully saturated rings. The highest BCUT2D eigenvalue weighted by molar-refractivity contribution is 6.00. The number of amides is 2. The number of primary amides is 1. The summed E-state index contributed by atoms with van der Waals surface area (Å²) in [6.07, 6.45) is 4.06. The molecule has 2 aromatic rings. The molecule has 9 heteroatoms. The van der Waals surface area contributed by atoms with Crippen LogP contribution in [0.4, 0.5) is 4.39 Å². The molecule has 0 bridgehead atoms. The third-order valence-electron chi connectivity index (χ3n) is 8.93. The number of carbonyl (C=O) groups excluding carboxylic acids is 2. The van der Waals surface area contributed by atoms with Crippen molar-refractivity contribution in [2.24, 2.45) is 10.7 Å². The Hall–Kier alpha value is -4.03. The number of dihydropyridines is 1. The van der Waals surface area contributed by atoms with Crippen LogP contribution >= 0.6 is 0 Å². The van der Waals surface area contributed by atoms with Crippen LogP contribution in [-0.2, 0) is 15.9 Å². The Labute approximate surface area is 240 Å². The molecule has 0 saturated carbocycles. The van der Waals surface area contributed by atoms with Crippen LogP contribution in [0.3, 0.4) is 0 Å². The molecule has 214 valence electrons. The lowest BCUT2D eigenvalue weighted by molar-refractivity contribution is -0.121. The molecule has 2 amide bonds. The Morgan fingerprint density at radius 2 is 1.66 bits per heavy atom. The van der Waals surface area contributed by atoms with Gasteiger partial charge in [0, 0.05) is 57.7 Å². The van der Waals surface area contributed by atoms with Crippen molar-refractivity contribution in [2.75, 3.05) is 52.9 Å². The number of carbonyl (C=O) groups is 2. The van der Waals surface area contributed by atoms with Gasteiger partial charge in [0.2, 0.25) is 5.91 Å².